The van der Waals surface area contributed by atoms with Crippen LogP contribution in [0, 0.1) is 0 Å². The first-order valence-corrected chi connectivity index (χ1v) is 7.45. The van der Waals surface area contributed by atoms with Gasteiger partial charge in [-0.3, -0.25) is 10.8 Å². The van der Waals surface area contributed by atoms with Gasteiger partial charge in [0.2, 0.25) is 0 Å². The van der Waals surface area contributed by atoms with Gasteiger partial charge in [-0.05, 0) is 34.1 Å². The highest BCUT2D eigenvalue weighted by Gasteiger charge is 2.17. The average molecular weight is 334 g/mol. The number of nitrogens with two attached hydrogens (primary N) is 1. The monoisotopic (exact) mass is 333 g/mol. The summed E-state index contributed by atoms with van der Waals surface area (Å²) >= 11 is 5.16. The number of hydrogen-bond acceptors (Lipinski definition) is 4. The third-order valence-electron chi connectivity index (χ3n) is 3.02. The highest BCUT2D eigenvalue weighted by Crippen LogP contribution is 2.33. The molecule has 0 aliphatic rings. The molecular weight excluding hydrogens is 322 g/mol. The van der Waals surface area contributed by atoms with Crippen LogP contribution in [0.3, 0.4) is 0 Å². The quantitative estimate of drug-likeness (QED) is 0.568. The van der Waals surface area contributed by atoms with Crippen molar-refractivity contribution in [3.63, 3.8) is 0 Å². The summed E-state index contributed by atoms with van der Waals surface area (Å²) in [7, 11) is 0. The van der Waals surface area contributed by atoms with Crippen LogP contribution >= 0.6 is 27.3 Å². The number of halogens is 1. The Morgan fingerprint density at radius 2 is 2.00 bits per heavy atom. The zero-order chi connectivity index (χ0) is 13.2. The van der Waals surface area contributed by atoms with Gasteiger partial charge >= 0.3 is 0 Å². The second kappa shape index (κ2) is 5.38. The van der Waals surface area contributed by atoms with Gasteiger partial charge in [0, 0.05) is 22.0 Å². The normalized spacial score (nSPS) is 12.7. The molecule has 0 saturated carbocycles. The molecule has 3 aromatic rings. The van der Waals surface area contributed by atoms with Gasteiger partial charge in [0.1, 0.15) is 0 Å². The summed E-state index contributed by atoms with van der Waals surface area (Å²) in [5.41, 5.74) is 4.97. The van der Waals surface area contributed by atoms with E-state index in [2.05, 4.69) is 50.6 Å². The second-order valence-electron chi connectivity index (χ2n) is 4.16. The molecule has 0 saturated heterocycles. The number of thiophene rings is 1. The minimum Gasteiger partial charge on any atom is -0.271 e. The summed E-state index contributed by atoms with van der Waals surface area (Å²) < 4.78 is 1.09. The maximum absolute atomic E-state index is 5.75. The van der Waals surface area contributed by atoms with Crippen molar-refractivity contribution >= 4 is 38.2 Å². The van der Waals surface area contributed by atoms with E-state index in [1.54, 1.807) is 11.3 Å². The van der Waals surface area contributed by atoms with Crippen LogP contribution in [0.5, 0.6) is 0 Å². The van der Waals surface area contributed by atoms with E-state index in [0.29, 0.717) is 0 Å². The molecule has 0 aliphatic carbocycles. The fourth-order valence-corrected chi connectivity index (χ4v) is 3.67. The van der Waals surface area contributed by atoms with Gasteiger partial charge < -0.3 is 0 Å². The molecule has 0 aliphatic heterocycles. The third-order valence-corrected chi connectivity index (χ3v) is 4.71. The Kier molecular flexibility index (Phi) is 3.61. The van der Waals surface area contributed by atoms with Crippen LogP contribution in [0.25, 0.3) is 10.9 Å². The lowest BCUT2D eigenvalue weighted by Crippen LogP contribution is -2.28. The van der Waals surface area contributed by atoms with Crippen molar-refractivity contribution < 1.29 is 0 Å². The fourth-order valence-electron chi connectivity index (χ4n) is 2.17. The van der Waals surface area contributed by atoms with E-state index in [9.17, 15) is 0 Å². The zero-order valence-electron chi connectivity index (χ0n) is 10.0. The summed E-state index contributed by atoms with van der Waals surface area (Å²) in [4.78, 5) is 5.64. The van der Waals surface area contributed by atoms with Crippen molar-refractivity contribution in [2.75, 3.05) is 0 Å². The van der Waals surface area contributed by atoms with E-state index < -0.39 is 0 Å². The van der Waals surface area contributed by atoms with Crippen LogP contribution in [0.2, 0.25) is 0 Å². The highest BCUT2D eigenvalue weighted by molar-refractivity contribution is 9.11. The molecule has 96 valence electrons. The van der Waals surface area contributed by atoms with Crippen LogP contribution in [0.15, 0.2) is 52.4 Å². The number of hydrazine groups is 1. The summed E-state index contributed by atoms with van der Waals surface area (Å²) in [5.74, 6) is 5.75. The molecule has 0 amide bonds. The maximum atomic E-state index is 5.75. The molecule has 2 aromatic heterocycles. The van der Waals surface area contributed by atoms with Gasteiger partial charge in [0.15, 0.2) is 0 Å². The molecule has 5 heteroatoms. The molecule has 0 spiro atoms. The lowest BCUT2D eigenvalue weighted by molar-refractivity contribution is 0.649. The largest absolute Gasteiger partial charge is 0.271 e. The number of pyridine rings is 1. The van der Waals surface area contributed by atoms with Gasteiger partial charge in [-0.1, -0.05) is 24.3 Å². The third kappa shape index (κ3) is 2.42. The molecule has 3 N–H and O–H groups in total. The fraction of sp³-hybridized carbons (Fsp3) is 0.0714. The van der Waals surface area contributed by atoms with Gasteiger partial charge in [-0.15, -0.1) is 11.3 Å². The van der Waals surface area contributed by atoms with Crippen molar-refractivity contribution in [1.29, 1.82) is 0 Å². The topological polar surface area (TPSA) is 50.9 Å². The van der Waals surface area contributed by atoms with E-state index in [1.165, 1.54) is 0 Å². The second-order valence-corrected chi connectivity index (χ2v) is 6.66. The highest BCUT2D eigenvalue weighted by atomic mass is 79.9. The Balaban J connectivity index is 2.16. The molecule has 0 fully saturated rings. The Morgan fingerprint density at radius 1 is 1.16 bits per heavy atom. The number of nitrogens with zero attached hydrogens (tertiary/aromatic N) is 1. The van der Waals surface area contributed by atoms with E-state index in [4.69, 9.17) is 5.84 Å². The minimum atomic E-state index is -0.0464. The van der Waals surface area contributed by atoms with Crippen LogP contribution in [-0.2, 0) is 0 Å². The maximum Gasteiger partial charge on any atom is 0.0823 e. The first-order valence-electron chi connectivity index (χ1n) is 5.84. The Morgan fingerprint density at radius 3 is 2.74 bits per heavy atom. The van der Waals surface area contributed by atoms with Crippen LogP contribution in [0.1, 0.15) is 16.5 Å². The summed E-state index contributed by atoms with van der Waals surface area (Å²) in [6.45, 7) is 0. The van der Waals surface area contributed by atoms with Gasteiger partial charge in [-0.25, -0.2) is 5.43 Å². The molecular formula is C14H12BrN3S. The number of aromatic nitrogens is 1. The summed E-state index contributed by atoms with van der Waals surface area (Å²) in [6, 6.07) is 14.2. The van der Waals surface area contributed by atoms with Crippen molar-refractivity contribution in [2.24, 2.45) is 5.84 Å². The van der Waals surface area contributed by atoms with Crippen molar-refractivity contribution in [2.45, 2.75) is 6.04 Å². The Labute approximate surface area is 123 Å². The van der Waals surface area contributed by atoms with E-state index in [1.807, 2.05) is 24.4 Å². The van der Waals surface area contributed by atoms with Crippen LogP contribution in [-0.4, -0.2) is 4.98 Å². The van der Waals surface area contributed by atoms with Crippen molar-refractivity contribution in [3.8, 4) is 0 Å². The number of fused-ring (bicyclic) bond motifs is 1. The van der Waals surface area contributed by atoms with Crippen molar-refractivity contribution in [3.05, 3.63) is 62.9 Å². The van der Waals surface area contributed by atoms with Crippen LogP contribution in [0.4, 0.5) is 0 Å². The first kappa shape index (κ1) is 12.7. The first-order chi connectivity index (χ1) is 9.29. The van der Waals surface area contributed by atoms with E-state index in [-0.39, 0.29) is 6.04 Å². The number of para-hydroxylation sites is 1. The lowest BCUT2D eigenvalue weighted by Gasteiger charge is -2.16. The number of nitrogens with one attached hydrogen (secondary N) is 1. The summed E-state index contributed by atoms with van der Waals surface area (Å²) in [6.07, 6.45) is 1.81. The van der Waals surface area contributed by atoms with E-state index >= 15 is 0 Å². The van der Waals surface area contributed by atoms with Gasteiger partial charge in [0.25, 0.3) is 0 Å². The minimum absolute atomic E-state index is 0.0464. The predicted octanol–water partition coefficient (Wildman–Crippen LogP) is 3.61. The SMILES string of the molecule is NNC(c1ccc(Br)s1)c1cccc2cccnc12. The van der Waals surface area contributed by atoms with Gasteiger partial charge in [0.05, 0.1) is 15.3 Å². The zero-order valence-corrected chi connectivity index (χ0v) is 12.4. The number of hydrogen-bond donors (Lipinski definition) is 2. The molecule has 0 bridgehead atoms. The molecule has 1 atom stereocenters. The number of benzene rings is 1. The smallest absolute Gasteiger partial charge is 0.0823 e. The molecule has 3 nitrogen and oxygen atoms in total. The lowest BCUT2D eigenvalue weighted by atomic mass is 10.0. The average Bonchev–Trinajstić information content (AvgIpc) is 2.86. The Bertz CT molecular complexity index is 705. The molecule has 3 rings (SSSR count). The summed E-state index contributed by atoms with van der Waals surface area (Å²) in [5, 5.41) is 1.12. The molecule has 1 unspecified atom stereocenters. The predicted molar refractivity (Wildman–Crippen MR) is 82.9 cm³/mol. The standard InChI is InChI=1S/C14H12BrN3S/c15-12-7-6-11(19-12)14(18-16)10-5-1-3-9-4-2-8-17-13(9)10/h1-8,14,18H,16H2. The van der Waals surface area contributed by atoms with Crippen molar-refractivity contribution in [1.82, 2.24) is 10.4 Å². The molecule has 0 radical (unpaired) electrons. The molecule has 1 aromatic carbocycles. The van der Waals surface area contributed by atoms with Gasteiger partial charge in [-0.2, -0.15) is 0 Å². The molecule has 19 heavy (non-hydrogen) atoms. The number of rotatable bonds is 3. The van der Waals surface area contributed by atoms with E-state index in [0.717, 1.165) is 25.1 Å². The molecule has 2 heterocycles. The Hall–Kier alpha value is -1.27. The van der Waals surface area contributed by atoms with Crippen LogP contribution < -0.4 is 11.3 Å².